The summed E-state index contributed by atoms with van der Waals surface area (Å²) in [6.45, 7) is 6.57. The molecule has 0 aliphatic rings. The van der Waals surface area contributed by atoms with Gasteiger partial charge < -0.3 is 14.2 Å². The highest BCUT2D eigenvalue weighted by atomic mass is 16.6. The van der Waals surface area contributed by atoms with Crippen LogP contribution in [0.1, 0.15) is 290 Å². The first-order valence-corrected chi connectivity index (χ1v) is 29.4. The van der Waals surface area contributed by atoms with Crippen LogP contribution in [-0.2, 0) is 28.6 Å². The lowest BCUT2D eigenvalue weighted by molar-refractivity contribution is -0.167. The van der Waals surface area contributed by atoms with Gasteiger partial charge in [-0.15, -0.1) is 0 Å². The number of ether oxygens (including phenoxy) is 3. The second kappa shape index (κ2) is 57.4. The van der Waals surface area contributed by atoms with E-state index in [9.17, 15) is 14.4 Å². The molecule has 0 saturated carbocycles. The molecule has 0 aliphatic carbocycles. The van der Waals surface area contributed by atoms with Gasteiger partial charge >= 0.3 is 17.9 Å². The first kappa shape index (κ1) is 65.8. The van der Waals surface area contributed by atoms with Crippen LogP contribution >= 0.6 is 0 Å². The molecule has 0 amide bonds. The quantitative estimate of drug-likeness (QED) is 0.0262. The van der Waals surface area contributed by atoms with E-state index in [4.69, 9.17) is 14.2 Å². The van der Waals surface area contributed by atoms with Gasteiger partial charge in [-0.25, -0.2) is 0 Å². The summed E-state index contributed by atoms with van der Waals surface area (Å²) < 4.78 is 16.9. The highest BCUT2D eigenvalue weighted by Crippen LogP contribution is 2.15. The number of carbonyl (C=O) groups excluding carboxylic acids is 3. The zero-order chi connectivity index (χ0) is 50.0. The van der Waals surface area contributed by atoms with Gasteiger partial charge in [0.05, 0.1) is 0 Å². The van der Waals surface area contributed by atoms with E-state index in [1.165, 1.54) is 154 Å². The standard InChI is InChI=1S/C63H110O6/c1-4-7-10-13-16-19-22-25-27-29-31-33-35-38-41-44-47-50-53-56-62(65)68-59-60(58-67-61(64)55-52-49-46-43-40-37-24-21-18-15-12-9-6-3)69-63(66)57-54-51-48-45-42-39-36-34-32-30-28-26-23-20-17-14-11-8-5-2/h16-17,19-21,24-28,32,34,60H,4-15,18,22-23,29-31,33,35-59H2,1-3H3/b19-16-,20-17-,24-21-,27-25-,28-26-,34-32-/t60-/m1/s1. The smallest absolute Gasteiger partial charge is 0.306 e. The Bertz CT molecular complexity index is 1290. The SMILES string of the molecule is CCCCC/C=C\C/C=C\C/C=C\CCCCCCCCC(=O)O[C@H](COC(=O)CCCCCCC/C=C\CCCCCC)COC(=O)CCCCCCCCCCC/C=C\C/C=C\CCCCC. The molecular weight excluding hydrogens is 853 g/mol. The van der Waals surface area contributed by atoms with Gasteiger partial charge in [0.25, 0.3) is 0 Å². The summed E-state index contributed by atoms with van der Waals surface area (Å²) in [6, 6.07) is 0. The second-order valence-electron chi connectivity index (χ2n) is 19.5. The lowest BCUT2D eigenvalue weighted by atomic mass is 10.1. The van der Waals surface area contributed by atoms with Crippen LogP contribution in [0, 0.1) is 0 Å². The monoisotopic (exact) mass is 963 g/mol. The molecule has 0 unspecified atom stereocenters. The van der Waals surface area contributed by atoms with Crippen molar-refractivity contribution in [1.29, 1.82) is 0 Å². The lowest BCUT2D eigenvalue weighted by Crippen LogP contribution is -2.30. The van der Waals surface area contributed by atoms with E-state index in [2.05, 4.69) is 93.7 Å². The van der Waals surface area contributed by atoms with Crippen LogP contribution in [0.3, 0.4) is 0 Å². The Morgan fingerprint density at radius 2 is 0.522 bits per heavy atom. The molecule has 0 radical (unpaired) electrons. The summed E-state index contributed by atoms with van der Waals surface area (Å²) >= 11 is 0. The van der Waals surface area contributed by atoms with Crippen molar-refractivity contribution >= 4 is 17.9 Å². The normalized spacial score (nSPS) is 12.6. The predicted molar refractivity (Wildman–Crippen MR) is 298 cm³/mol. The molecule has 1 atom stereocenters. The Kier molecular flexibility index (Phi) is 54.8. The van der Waals surface area contributed by atoms with Crippen LogP contribution in [0.15, 0.2) is 72.9 Å². The largest absolute Gasteiger partial charge is 0.462 e. The van der Waals surface area contributed by atoms with Gasteiger partial charge in [-0.3, -0.25) is 14.4 Å². The summed E-state index contributed by atoms with van der Waals surface area (Å²) in [6.07, 6.45) is 73.1. The molecule has 6 nitrogen and oxygen atoms in total. The molecular formula is C63H110O6. The molecule has 0 aliphatic heterocycles. The van der Waals surface area contributed by atoms with Crippen molar-refractivity contribution in [1.82, 2.24) is 0 Å². The summed E-state index contributed by atoms with van der Waals surface area (Å²) in [5.41, 5.74) is 0. The van der Waals surface area contributed by atoms with E-state index < -0.39 is 6.10 Å². The number of unbranched alkanes of at least 4 members (excludes halogenated alkanes) is 30. The molecule has 0 spiro atoms. The molecule has 0 aromatic carbocycles. The molecule has 0 aromatic rings. The molecule has 0 fully saturated rings. The van der Waals surface area contributed by atoms with Crippen LogP contribution in [-0.4, -0.2) is 37.2 Å². The first-order chi connectivity index (χ1) is 34.0. The number of allylic oxidation sites excluding steroid dienone is 12. The molecule has 0 aromatic heterocycles. The predicted octanol–water partition coefficient (Wildman–Crippen LogP) is 19.8. The molecule has 0 saturated heterocycles. The first-order valence-electron chi connectivity index (χ1n) is 29.4. The molecule has 0 N–H and O–H groups in total. The maximum atomic E-state index is 12.9. The minimum absolute atomic E-state index is 0.0850. The highest BCUT2D eigenvalue weighted by Gasteiger charge is 2.19. The van der Waals surface area contributed by atoms with Crippen molar-refractivity contribution in [2.45, 2.75) is 297 Å². The minimum atomic E-state index is -0.788. The Morgan fingerprint density at radius 3 is 0.855 bits per heavy atom. The molecule has 69 heavy (non-hydrogen) atoms. The van der Waals surface area contributed by atoms with Gasteiger partial charge in [0.2, 0.25) is 0 Å². The molecule has 0 rings (SSSR count). The fourth-order valence-corrected chi connectivity index (χ4v) is 8.18. The third-order valence-electron chi connectivity index (χ3n) is 12.7. The van der Waals surface area contributed by atoms with Crippen molar-refractivity contribution in [3.05, 3.63) is 72.9 Å². The third kappa shape index (κ3) is 55.6. The van der Waals surface area contributed by atoms with Gasteiger partial charge in [-0.1, -0.05) is 229 Å². The Morgan fingerprint density at radius 1 is 0.290 bits per heavy atom. The number of carbonyl (C=O) groups is 3. The topological polar surface area (TPSA) is 78.9 Å². The van der Waals surface area contributed by atoms with Crippen molar-refractivity contribution < 1.29 is 28.6 Å². The Hall–Kier alpha value is -3.15. The van der Waals surface area contributed by atoms with Crippen molar-refractivity contribution in [3.8, 4) is 0 Å². The fraction of sp³-hybridized carbons (Fsp3) is 0.762. The van der Waals surface area contributed by atoms with Gasteiger partial charge in [-0.2, -0.15) is 0 Å². The van der Waals surface area contributed by atoms with Crippen LogP contribution < -0.4 is 0 Å². The molecule has 398 valence electrons. The summed E-state index contributed by atoms with van der Waals surface area (Å²) in [7, 11) is 0. The maximum Gasteiger partial charge on any atom is 0.306 e. The van der Waals surface area contributed by atoms with Crippen LogP contribution in [0.2, 0.25) is 0 Å². The van der Waals surface area contributed by atoms with E-state index >= 15 is 0 Å². The van der Waals surface area contributed by atoms with E-state index in [0.717, 1.165) is 96.3 Å². The zero-order valence-electron chi connectivity index (χ0n) is 45.6. The summed E-state index contributed by atoms with van der Waals surface area (Å²) in [5.74, 6) is -0.902. The lowest BCUT2D eigenvalue weighted by Gasteiger charge is -2.18. The Labute approximate surface area is 427 Å². The fourth-order valence-electron chi connectivity index (χ4n) is 8.18. The minimum Gasteiger partial charge on any atom is -0.462 e. The number of hydrogen-bond acceptors (Lipinski definition) is 6. The summed E-state index contributed by atoms with van der Waals surface area (Å²) in [5, 5.41) is 0. The number of esters is 3. The van der Waals surface area contributed by atoms with E-state index in [-0.39, 0.29) is 31.1 Å². The number of rotatable bonds is 53. The van der Waals surface area contributed by atoms with Gasteiger partial charge in [0.1, 0.15) is 13.2 Å². The second-order valence-corrected chi connectivity index (χ2v) is 19.5. The highest BCUT2D eigenvalue weighted by molar-refractivity contribution is 5.71. The van der Waals surface area contributed by atoms with Crippen LogP contribution in [0.25, 0.3) is 0 Å². The molecule has 6 heteroatoms. The maximum absolute atomic E-state index is 12.9. The third-order valence-corrected chi connectivity index (χ3v) is 12.7. The van der Waals surface area contributed by atoms with Gasteiger partial charge in [0.15, 0.2) is 6.10 Å². The van der Waals surface area contributed by atoms with Crippen molar-refractivity contribution in [2.24, 2.45) is 0 Å². The average Bonchev–Trinajstić information content (AvgIpc) is 3.35. The van der Waals surface area contributed by atoms with Crippen LogP contribution in [0.5, 0.6) is 0 Å². The van der Waals surface area contributed by atoms with E-state index in [1.807, 2.05) is 0 Å². The molecule has 0 bridgehead atoms. The van der Waals surface area contributed by atoms with Crippen LogP contribution in [0.4, 0.5) is 0 Å². The molecule has 0 heterocycles. The van der Waals surface area contributed by atoms with Gasteiger partial charge in [0, 0.05) is 19.3 Å². The van der Waals surface area contributed by atoms with E-state index in [1.54, 1.807) is 0 Å². The van der Waals surface area contributed by atoms with E-state index in [0.29, 0.717) is 19.3 Å². The van der Waals surface area contributed by atoms with Crippen molar-refractivity contribution in [3.63, 3.8) is 0 Å². The zero-order valence-corrected chi connectivity index (χ0v) is 45.6. The number of hydrogen-bond donors (Lipinski definition) is 0. The van der Waals surface area contributed by atoms with Gasteiger partial charge in [-0.05, 0) is 116 Å². The van der Waals surface area contributed by atoms with Crippen molar-refractivity contribution in [2.75, 3.05) is 13.2 Å². The summed E-state index contributed by atoms with van der Waals surface area (Å²) in [4.78, 5) is 38.2. The Balaban J connectivity index is 4.39. The average molecular weight is 964 g/mol.